The lowest BCUT2D eigenvalue weighted by molar-refractivity contribution is 0.415. The van der Waals surface area contributed by atoms with E-state index in [9.17, 15) is 0 Å². The maximum absolute atomic E-state index is 5.79. The van der Waals surface area contributed by atoms with E-state index < -0.39 is 0 Å². The minimum Gasteiger partial charge on any atom is -0.497 e. The first-order chi connectivity index (χ1) is 8.28. The number of guanidine groups is 1. The molecule has 3 N–H and O–H groups in total. The molecule has 0 heterocycles. The molecule has 0 radical (unpaired) electrons. The predicted octanol–water partition coefficient (Wildman–Crippen LogP) is 2.84. The van der Waals surface area contributed by atoms with Crippen molar-refractivity contribution in [1.29, 1.82) is 0 Å². The van der Waals surface area contributed by atoms with Crippen LogP contribution in [0.15, 0.2) is 29.3 Å². The van der Waals surface area contributed by atoms with Gasteiger partial charge in [0.25, 0.3) is 0 Å². The van der Waals surface area contributed by atoms with Crippen molar-refractivity contribution in [2.45, 2.75) is 19.3 Å². The molecule has 100 valence electrons. The lowest BCUT2D eigenvalue weighted by Gasteiger charge is -2.06. The lowest BCUT2D eigenvalue weighted by Crippen LogP contribution is -2.22. The topological polar surface area (TPSA) is 59.6 Å². The zero-order valence-corrected chi connectivity index (χ0v) is 12.9. The molecular formula is C13H20IN3O. The Kier molecular flexibility index (Phi) is 6.24. The predicted molar refractivity (Wildman–Crippen MR) is 85.9 cm³/mol. The van der Waals surface area contributed by atoms with Crippen molar-refractivity contribution in [3.05, 3.63) is 24.3 Å². The average molecular weight is 361 g/mol. The summed E-state index contributed by atoms with van der Waals surface area (Å²) in [5.41, 5.74) is 6.72. The molecule has 0 aliphatic heterocycles. The van der Waals surface area contributed by atoms with Gasteiger partial charge in [-0.1, -0.05) is 12.8 Å². The number of rotatable bonds is 5. The second-order valence-corrected chi connectivity index (χ2v) is 4.35. The summed E-state index contributed by atoms with van der Waals surface area (Å²) in [6.07, 6.45) is 3.88. The van der Waals surface area contributed by atoms with Crippen LogP contribution in [0.25, 0.3) is 0 Å². The van der Waals surface area contributed by atoms with E-state index in [4.69, 9.17) is 10.5 Å². The van der Waals surface area contributed by atoms with E-state index in [-0.39, 0.29) is 24.0 Å². The second kappa shape index (κ2) is 7.45. The zero-order valence-electron chi connectivity index (χ0n) is 10.6. The first-order valence-corrected chi connectivity index (χ1v) is 5.99. The Hall–Kier alpha value is -0.980. The van der Waals surface area contributed by atoms with E-state index >= 15 is 0 Å². The minimum atomic E-state index is 0. The highest BCUT2D eigenvalue weighted by molar-refractivity contribution is 14.0. The van der Waals surface area contributed by atoms with Crippen LogP contribution in [-0.2, 0) is 0 Å². The van der Waals surface area contributed by atoms with Crippen LogP contribution in [0.1, 0.15) is 19.3 Å². The summed E-state index contributed by atoms with van der Waals surface area (Å²) in [5, 5.41) is 3.06. The van der Waals surface area contributed by atoms with E-state index in [0.717, 1.165) is 30.3 Å². The highest BCUT2D eigenvalue weighted by atomic mass is 127. The normalized spacial score (nSPS) is 14.8. The molecule has 1 aromatic rings. The number of hydrogen-bond acceptors (Lipinski definition) is 2. The summed E-state index contributed by atoms with van der Waals surface area (Å²) in [4.78, 5) is 4.29. The molecule has 4 nitrogen and oxygen atoms in total. The Morgan fingerprint density at radius 3 is 2.61 bits per heavy atom. The van der Waals surface area contributed by atoms with Crippen molar-refractivity contribution in [1.82, 2.24) is 0 Å². The van der Waals surface area contributed by atoms with E-state index in [0.29, 0.717) is 5.96 Å². The summed E-state index contributed by atoms with van der Waals surface area (Å²) < 4.78 is 5.08. The van der Waals surface area contributed by atoms with E-state index in [1.807, 2.05) is 24.3 Å². The highest BCUT2D eigenvalue weighted by Gasteiger charge is 2.19. The minimum absolute atomic E-state index is 0. The van der Waals surface area contributed by atoms with Crippen LogP contribution in [0.4, 0.5) is 5.69 Å². The number of anilines is 1. The summed E-state index contributed by atoms with van der Waals surface area (Å²) in [6.45, 7) is 0.819. The van der Waals surface area contributed by atoms with Crippen molar-refractivity contribution in [3.8, 4) is 5.75 Å². The molecule has 1 saturated carbocycles. The Balaban J connectivity index is 0.00000162. The number of halogens is 1. The van der Waals surface area contributed by atoms with Crippen LogP contribution < -0.4 is 15.8 Å². The standard InChI is InChI=1S/C13H19N3O.HI/c1-17-12-6-4-11(5-7-12)16-13(14)15-9-8-10-2-3-10;/h4-7,10H,2-3,8-9H2,1H3,(H3,14,15,16);1H. The fraction of sp³-hybridized carbons (Fsp3) is 0.462. The molecule has 1 aliphatic carbocycles. The Bertz CT molecular complexity index is 388. The number of nitrogens with two attached hydrogens (primary N) is 1. The summed E-state index contributed by atoms with van der Waals surface area (Å²) in [7, 11) is 1.65. The van der Waals surface area contributed by atoms with Crippen LogP contribution >= 0.6 is 24.0 Å². The fourth-order valence-corrected chi connectivity index (χ4v) is 1.64. The lowest BCUT2D eigenvalue weighted by atomic mass is 10.3. The summed E-state index contributed by atoms with van der Waals surface area (Å²) >= 11 is 0. The molecule has 5 heteroatoms. The number of ether oxygens (including phenoxy) is 1. The van der Waals surface area contributed by atoms with Crippen LogP contribution in [0.3, 0.4) is 0 Å². The van der Waals surface area contributed by atoms with Gasteiger partial charge in [-0.15, -0.1) is 24.0 Å². The van der Waals surface area contributed by atoms with Crippen LogP contribution in [0.2, 0.25) is 0 Å². The quantitative estimate of drug-likeness (QED) is 0.482. The largest absolute Gasteiger partial charge is 0.497 e. The number of nitrogens with one attached hydrogen (secondary N) is 1. The van der Waals surface area contributed by atoms with Gasteiger partial charge in [0.1, 0.15) is 5.75 Å². The van der Waals surface area contributed by atoms with Gasteiger partial charge in [0, 0.05) is 12.2 Å². The number of hydrogen-bond donors (Lipinski definition) is 2. The third kappa shape index (κ3) is 5.12. The zero-order chi connectivity index (χ0) is 12.1. The maximum Gasteiger partial charge on any atom is 0.193 e. The van der Waals surface area contributed by atoms with Gasteiger partial charge in [0.15, 0.2) is 5.96 Å². The molecule has 0 unspecified atom stereocenters. The Labute approximate surface area is 125 Å². The molecule has 1 fully saturated rings. The van der Waals surface area contributed by atoms with Crippen LogP contribution in [-0.4, -0.2) is 19.6 Å². The Morgan fingerprint density at radius 1 is 1.39 bits per heavy atom. The molecule has 1 aliphatic rings. The van der Waals surface area contributed by atoms with E-state index in [1.54, 1.807) is 7.11 Å². The number of benzene rings is 1. The second-order valence-electron chi connectivity index (χ2n) is 4.35. The molecule has 0 amide bonds. The van der Waals surface area contributed by atoms with Crippen molar-refractivity contribution in [2.24, 2.45) is 16.6 Å². The van der Waals surface area contributed by atoms with E-state index in [2.05, 4.69) is 10.3 Å². The molecule has 0 aromatic heterocycles. The maximum atomic E-state index is 5.79. The van der Waals surface area contributed by atoms with Crippen molar-refractivity contribution in [3.63, 3.8) is 0 Å². The van der Waals surface area contributed by atoms with E-state index in [1.165, 1.54) is 12.8 Å². The van der Waals surface area contributed by atoms with Crippen LogP contribution in [0.5, 0.6) is 5.75 Å². The average Bonchev–Trinajstić information content (AvgIpc) is 3.14. The molecule has 18 heavy (non-hydrogen) atoms. The molecule has 0 atom stereocenters. The summed E-state index contributed by atoms with van der Waals surface area (Å²) in [6, 6.07) is 7.61. The van der Waals surface area contributed by atoms with Gasteiger partial charge < -0.3 is 15.8 Å². The third-order valence-electron chi connectivity index (χ3n) is 2.88. The fourth-order valence-electron chi connectivity index (χ4n) is 1.64. The first-order valence-electron chi connectivity index (χ1n) is 5.99. The Morgan fingerprint density at radius 2 is 2.06 bits per heavy atom. The van der Waals surface area contributed by atoms with Gasteiger partial charge >= 0.3 is 0 Å². The van der Waals surface area contributed by atoms with Gasteiger partial charge in [-0.05, 0) is 36.6 Å². The number of methoxy groups -OCH3 is 1. The van der Waals surface area contributed by atoms with Gasteiger partial charge in [-0.3, -0.25) is 4.99 Å². The number of nitrogens with zero attached hydrogens (tertiary/aromatic N) is 1. The van der Waals surface area contributed by atoms with Gasteiger partial charge in [0.2, 0.25) is 0 Å². The number of aliphatic imine (C=N–C) groups is 1. The summed E-state index contributed by atoms with van der Waals surface area (Å²) in [5.74, 6) is 2.21. The highest BCUT2D eigenvalue weighted by Crippen LogP contribution is 2.32. The monoisotopic (exact) mass is 361 g/mol. The van der Waals surface area contributed by atoms with Gasteiger partial charge in [-0.25, -0.2) is 0 Å². The molecule has 1 aromatic carbocycles. The van der Waals surface area contributed by atoms with Gasteiger partial charge in [0.05, 0.1) is 7.11 Å². The van der Waals surface area contributed by atoms with Crippen molar-refractivity contribution < 1.29 is 4.74 Å². The first kappa shape index (κ1) is 15.1. The van der Waals surface area contributed by atoms with Crippen LogP contribution in [0, 0.1) is 5.92 Å². The molecule has 2 rings (SSSR count). The molecule has 0 saturated heterocycles. The van der Waals surface area contributed by atoms with Crippen molar-refractivity contribution in [2.75, 3.05) is 19.0 Å². The molecule has 0 spiro atoms. The molecular weight excluding hydrogens is 341 g/mol. The third-order valence-corrected chi connectivity index (χ3v) is 2.88. The SMILES string of the molecule is COc1ccc(NC(N)=NCCC2CC2)cc1.I. The van der Waals surface area contributed by atoms with Gasteiger partial charge in [-0.2, -0.15) is 0 Å². The molecule has 0 bridgehead atoms. The smallest absolute Gasteiger partial charge is 0.193 e. The van der Waals surface area contributed by atoms with Crippen molar-refractivity contribution >= 4 is 35.6 Å².